The van der Waals surface area contributed by atoms with Crippen LogP contribution in [0.2, 0.25) is 0 Å². The topological polar surface area (TPSA) is 86.7 Å². The molecule has 0 bridgehead atoms. The van der Waals surface area contributed by atoms with Gasteiger partial charge in [-0.2, -0.15) is 0 Å². The van der Waals surface area contributed by atoms with Gasteiger partial charge in [-0.25, -0.2) is 0 Å². The van der Waals surface area contributed by atoms with Crippen molar-refractivity contribution < 1.29 is 19.5 Å². The summed E-state index contributed by atoms with van der Waals surface area (Å²) in [6.07, 6.45) is 6.93. The molecule has 2 aliphatic rings. The maximum atomic E-state index is 13.0. The highest BCUT2D eigenvalue weighted by molar-refractivity contribution is 5.98. The number of anilines is 1. The van der Waals surface area contributed by atoms with E-state index in [0.717, 1.165) is 58.0 Å². The van der Waals surface area contributed by atoms with Crippen LogP contribution in [0.3, 0.4) is 0 Å². The summed E-state index contributed by atoms with van der Waals surface area (Å²) in [5.41, 5.74) is 0.270. The minimum Gasteiger partial charge on any atom is -0.481 e. The lowest BCUT2D eigenvalue weighted by Crippen LogP contribution is -2.42. The smallest absolute Gasteiger partial charge is 0.304 e. The normalized spacial score (nSPS) is 19.8. The standard InChI is InChI=1S/C22H30N2O4/c1-22(15-19(25)26,17-7-3-2-4-8-17)21(28)23-18-11-9-16(10-12-18)20(27)24-13-5-6-14-24/h9-12,17H,2-8,13-15H2,1H3,(H,23,28)(H,25,26). The van der Waals surface area contributed by atoms with Crippen LogP contribution >= 0.6 is 0 Å². The number of amides is 2. The molecule has 1 atom stereocenters. The molecule has 6 nitrogen and oxygen atoms in total. The summed E-state index contributed by atoms with van der Waals surface area (Å²) >= 11 is 0. The van der Waals surface area contributed by atoms with Gasteiger partial charge < -0.3 is 15.3 Å². The quantitative estimate of drug-likeness (QED) is 0.776. The van der Waals surface area contributed by atoms with E-state index >= 15 is 0 Å². The molecule has 1 unspecified atom stereocenters. The van der Waals surface area contributed by atoms with Gasteiger partial charge in [0.15, 0.2) is 0 Å². The van der Waals surface area contributed by atoms with Crippen LogP contribution in [-0.2, 0) is 9.59 Å². The van der Waals surface area contributed by atoms with Crippen molar-refractivity contribution in [3.8, 4) is 0 Å². The maximum Gasteiger partial charge on any atom is 0.304 e. The van der Waals surface area contributed by atoms with E-state index in [-0.39, 0.29) is 24.2 Å². The molecule has 28 heavy (non-hydrogen) atoms. The van der Waals surface area contributed by atoms with Crippen LogP contribution in [-0.4, -0.2) is 40.9 Å². The first-order valence-corrected chi connectivity index (χ1v) is 10.3. The first-order valence-electron chi connectivity index (χ1n) is 10.3. The largest absolute Gasteiger partial charge is 0.481 e. The van der Waals surface area contributed by atoms with Crippen LogP contribution in [0.4, 0.5) is 5.69 Å². The number of hydrogen-bond donors (Lipinski definition) is 2. The Kier molecular flexibility index (Phi) is 6.37. The average Bonchev–Trinajstić information content (AvgIpc) is 3.23. The van der Waals surface area contributed by atoms with Gasteiger partial charge >= 0.3 is 5.97 Å². The number of nitrogens with one attached hydrogen (secondary N) is 1. The molecular weight excluding hydrogens is 356 g/mol. The molecule has 1 saturated carbocycles. The molecule has 2 amide bonds. The number of aliphatic carboxylic acids is 1. The van der Waals surface area contributed by atoms with Gasteiger partial charge in [0.1, 0.15) is 0 Å². The van der Waals surface area contributed by atoms with E-state index in [1.165, 1.54) is 0 Å². The van der Waals surface area contributed by atoms with Crippen LogP contribution < -0.4 is 5.32 Å². The molecule has 1 aromatic carbocycles. The summed E-state index contributed by atoms with van der Waals surface area (Å²) in [4.78, 5) is 38.8. The predicted molar refractivity (Wildman–Crippen MR) is 107 cm³/mol. The van der Waals surface area contributed by atoms with Crippen molar-refractivity contribution in [2.24, 2.45) is 11.3 Å². The molecule has 152 valence electrons. The van der Waals surface area contributed by atoms with Gasteiger partial charge in [-0.3, -0.25) is 14.4 Å². The molecule has 1 saturated heterocycles. The van der Waals surface area contributed by atoms with Crippen molar-refractivity contribution in [3.63, 3.8) is 0 Å². The summed E-state index contributed by atoms with van der Waals surface area (Å²) < 4.78 is 0. The Balaban J connectivity index is 1.70. The van der Waals surface area contributed by atoms with Gasteiger partial charge in [0.05, 0.1) is 11.8 Å². The maximum absolute atomic E-state index is 13.0. The van der Waals surface area contributed by atoms with Gasteiger partial charge in [0.25, 0.3) is 5.91 Å². The van der Waals surface area contributed by atoms with Crippen LogP contribution in [0.5, 0.6) is 0 Å². The number of carbonyl (C=O) groups excluding carboxylic acids is 2. The molecule has 1 aromatic rings. The first kappa shape index (κ1) is 20.4. The fourth-order valence-corrected chi connectivity index (χ4v) is 4.54. The van der Waals surface area contributed by atoms with E-state index in [9.17, 15) is 19.5 Å². The average molecular weight is 386 g/mol. The molecule has 1 aliphatic heterocycles. The van der Waals surface area contributed by atoms with Gasteiger partial charge in [0, 0.05) is 24.3 Å². The minimum atomic E-state index is -0.949. The van der Waals surface area contributed by atoms with Crippen LogP contribution in [0, 0.1) is 11.3 Å². The third-order valence-electron chi connectivity index (χ3n) is 6.33. The van der Waals surface area contributed by atoms with E-state index in [2.05, 4.69) is 5.32 Å². The van der Waals surface area contributed by atoms with Gasteiger partial charge in [-0.1, -0.05) is 19.3 Å². The molecule has 2 fully saturated rings. The zero-order valence-corrected chi connectivity index (χ0v) is 16.6. The number of carbonyl (C=O) groups is 3. The monoisotopic (exact) mass is 386 g/mol. The zero-order chi connectivity index (χ0) is 20.1. The van der Waals surface area contributed by atoms with Crippen molar-refractivity contribution in [1.82, 2.24) is 4.90 Å². The number of carboxylic acids is 1. The van der Waals surface area contributed by atoms with Gasteiger partial charge in [0.2, 0.25) is 5.91 Å². The molecule has 6 heteroatoms. The van der Waals surface area contributed by atoms with Crippen LogP contribution in [0.1, 0.15) is 68.6 Å². The summed E-state index contributed by atoms with van der Waals surface area (Å²) in [7, 11) is 0. The third-order valence-corrected chi connectivity index (χ3v) is 6.33. The number of benzene rings is 1. The Hall–Kier alpha value is -2.37. The van der Waals surface area contributed by atoms with Gasteiger partial charge in [-0.15, -0.1) is 0 Å². The number of carboxylic acid groups (broad SMARTS) is 1. The highest BCUT2D eigenvalue weighted by atomic mass is 16.4. The fraction of sp³-hybridized carbons (Fsp3) is 0.591. The summed E-state index contributed by atoms with van der Waals surface area (Å²) in [5, 5.41) is 12.3. The number of rotatable bonds is 6. The van der Waals surface area contributed by atoms with Crippen molar-refractivity contribution in [3.05, 3.63) is 29.8 Å². The molecule has 1 heterocycles. The number of likely N-dealkylation sites (tertiary alicyclic amines) is 1. The number of hydrogen-bond acceptors (Lipinski definition) is 3. The predicted octanol–water partition coefficient (Wildman–Crippen LogP) is 3.92. The van der Waals surface area contributed by atoms with Gasteiger partial charge in [-0.05, 0) is 62.8 Å². The SMILES string of the molecule is CC(CC(=O)O)(C(=O)Nc1ccc(C(=O)N2CCCC2)cc1)C1CCCCC1. The molecule has 0 aromatic heterocycles. The van der Waals surface area contributed by atoms with Crippen molar-refractivity contribution in [1.29, 1.82) is 0 Å². The lowest BCUT2D eigenvalue weighted by molar-refractivity contribution is -0.145. The first-order chi connectivity index (χ1) is 13.4. The Bertz CT molecular complexity index is 719. The summed E-state index contributed by atoms with van der Waals surface area (Å²) in [6.45, 7) is 3.37. The molecule has 3 rings (SSSR count). The van der Waals surface area contributed by atoms with Crippen molar-refractivity contribution >= 4 is 23.5 Å². The lowest BCUT2D eigenvalue weighted by atomic mass is 9.67. The van der Waals surface area contributed by atoms with Crippen molar-refractivity contribution in [2.45, 2.75) is 58.3 Å². The van der Waals surface area contributed by atoms with E-state index in [1.807, 2.05) is 4.90 Å². The Morgan fingerprint density at radius 2 is 1.64 bits per heavy atom. The summed E-state index contributed by atoms with van der Waals surface area (Å²) in [5.74, 6) is -1.10. The minimum absolute atomic E-state index is 0.0216. The highest BCUT2D eigenvalue weighted by Crippen LogP contribution is 2.42. The molecular formula is C22H30N2O4. The second kappa shape index (κ2) is 8.76. The van der Waals surface area contributed by atoms with Crippen LogP contribution in [0.25, 0.3) is 0 Å². The molecule has 0 radical (unpaired) electrons. The van der Waals surface area contributed by atoms with E-state index in [1.54, 1.807) is 31.2 Å². The summed E-state index contributed by atoms with van der Waals surface area (Å²) in [6, 6.07) is 6.91. The fourth-order valence-electron chi connectivity index (χ4n) is 4.54. The van der Waals surface area contributed by atoms with E-state index in [0.29, 0.717) is 11.3 Å². The van der Waals surface area contributed by atoms with E-state index < -0.39 is 11.4 Å². The number of nitrogens with zero attached hydrogens (tertiary/aromatic N) is 1. The highest BCUT2D eigenvalue weighted by Gasteiger charge is 2.43. The molecule has 1 aliphatic carbocycles. The zero-order valence-electron chi connectivity index (χ0n) is 16.6. The third kappa shape index (κ3) is 4.54. The Labute approximate surface area is 166 Å². The molecule has 0 spiro atoms. The Morgan fingerprint density at radius 3 is 2.21 bits per heavy atom. The van der Waals surface area contributed by atoms with E-state index in [4.69, 9.17) is 0 Å². The van der Waals surface area contributed by atoms with Crippen molar-refractivity contribution in [2.75, 3.05) is 18.4 Å². The lowest BCUT2D eigenvalue weighted by Gasteiger charge is -2.37. The molecule has 2 N–H and O–H groups in total. The Morgan fingerprint density at radius 1 is 1.04 bits per heavy atom. The van der Waals surface area contributed by atoms with Crippen LogP contribution in [0.15, 0.2) is 24.3 Å². The second-order valence-corrected chi connectivity index (χ2v) is 8.35. The second-order valence-electron chi connectivity index (χ2n) is 8.35.